The molecule has 2 aromatic rings. The second-order valence-corrected chi connectivity index (χ2v) is 3.55. The summed E-state index contributed by atoms with van der Waals surface area (Å²) in [4.78, 5) is 10.4. The van der Waals surface area contributed by atoms with Crippen LogP contribution in [-0.4, -0.2) is 10.0 Å². The Bertz CT molecular complexity index is 582. The molecule has 0 aromatic heterocycles. The highest BCUT2D eigenvalue weighted by Crippen LogP contribution is 2.36. The molecule has 5 nitrogen and oxygen atoms in total. The maximum absolute atomic E-state index is 10.9. The van der Waals surface area contributed by atoms with Crippen LogP contribution in [0, 0.1) is 10.1 Å². The van der Waals surface area contributed by atoms with Gasteiger partial charge in [0, 0.05) is 17.3 Å². The van der Waals surface area contributed by atoms with Gasteiger partial charge in [-0.1, -0.05) is 12.1 Å². The number of nitro benzene ring substituents is 1. The minimum atomic E-state index is -0.488. The number of aromatic hydroxyl groups is 1. The number of benzene rings is 2. The first kappa shape index (κ1) is 10.9. The number of hydrogen-bond acceptors (Lipinski definition) is 4. The molecular formula is C12H10N2O3. The number of phenols is 1. The Kier molecular flexibility index (Phi) is 2.66. The van der Waals surface area contributed by atoms with E-state index in [0.717, 1.165) is 0 Å². The molecule has 86 valence electrons. The third-order valence-electron chi connectivity index (χ3n) is 2.41. The third kappa shape index (κ3) is 2.03. The van der Waals surface area contributed by atoms with E-state index in [1.807, 2.05) is 0 Å². The van der Waals surface area contributed by atoms with Crippen LogP contribution >= 0.6 is 0 Å². The van der Waals surface area contributed by atoms with E-state index >= 15 is 0 Å². The van der Waals surface area contributed by atoms with Gasteiger partial charge in [0.15, 0.2) is 0 Å². The molecule has 2 rings (SSSR count). The van der Waals surface area contributed by atoms with Gasteiger partial charge in [-0.15, -0.1) is 0 Å². The second-order valence-electron chi connectivity index (χ2n) is 3.55. The van der Waals surface area contributed by atoms with Crippen LogP contribution in [0.3, 0.4) is 0 Å². The smallest absolute Gasteiger partial charge is 0.277 e. The van der Waals surface area contributed by atoms with E-state index in [4.69, 9.17) is 5.73 Å². The van der Waals surface area contributed by atoms with Crippen LogP contribution in [0.25, 0.3) is 11.1 Å². The van der Waals surface area contributed by atoms with Gasteiger partial charge in [0.1, 0.15) is 5.75 Å². The highest BCUT2D eigenvalue weighted by atomic mass is 16.6. The summed E-state index contributed by atoms with van der Waals surface area (Å²) in [7, 11) is 0. The Balaban J connectivity index is 2.68. The number of nitrogens with two attached hydrogens (primary N) is 1. The zero-order valence-corrected chi connectivity index (χ0v) is 8.83. The number of hydrogen-bond donors (Lipinski definition) is 2. The van der Waals surface area contributed by atoms with E-state index in [9.17, 15) is 15.2 Å². The average molecular weight is 230 g/mol. The molecule has 0 spiro atoms. The van der Waals surface area contributed by atoms with Crippen LogP contribution in [0.1, 0.15) is 0 Å². The predicted octanol–water partition coefficient (Wildman–Crippen LogP) is 2.55. The van der Waals surface area contributed by atoms with E-state index in [2.05, 4.69) is 0 Å². The van der Waals surface area contributed by atoms with Crippen molar-refractivity contribution >= 4 is 11.4 Å². The Labute approximate surface area is 97.3 Å². The highest BCUT2D eigenvalue weighted by molar-refractivity contribution is 5.80. The molecule has 0 radical (unpaired) electrons. The van der Waals surface area contributed by atoms with Gasteiger partial charge in [-0.3, -0.25) is 10.1 Å². The number of phenolic OH excluding ortho intramolecular Hbond substituents is 1. The maximum atomic E-state index is 10.9. The molecule has 0 atom stereocenters. The molecule has 0 aliphatic heterocycles. The summed E-state index contributed by atoms with van der Waals surface area (Å²) in [6.45, 7) is 0. The Morgan fingerprint density at radius 2 is 1.82 bits per heavy atom. The van der Waals surface area contributed by atoms with Crippen LogP contribution in [0.2, 0.25) is 0 Å². The first-order valence-corrected chi connectivity index (χ1v) is 4.92. The van der Waals surface area contributed by atoms with Crippen molar-refractivity contribution in [3.05, 3.63) is 52.6 Å². The lowest BCUT2D eigenvalue weighted by Crippen LogP contribution is -1.93. The van der Waals surface area contributed by atoms with Gasteiger partial charge in [0.25, 0.3) is 5.69 Å². The maximum Gasteiger partial charge on any atom is 0.277 e. The fraction of sp³-hybridized carbons (Fsp3) is 0. The van der Waals surface area contributed by atoms with E-state index in [0.29, 0.717) is 16.8 Å². The van der Waals surface area contributed by atoms with Crippen LogP contribution in [-0.2, 0) is 0 Å². The van der Waals surface area contributed by atoms with Crippen LogP contribution in [0.15, 0.2) is 42.5 Å². The van der Waals surface area contributed by atoms with Gasteiger partial charge in [-0.25, -0.2) is 0 Å². The lowest BCUT2D eigenvalue weighted by Gasteiger charge is -2.06. The molecule has 17 heavy (non-hydrogen) atoms. The number of rotatable bonds is 2. The van der Waals surface area contributed by atoms with Gasteiger partial charge in [0.2, 0.25) is 0 Å². The largest absolute Gasteiger partial charge is 0.507 e. The molecule has 0 aliphatic carbocycles. The molecule has 0 unspecified atom stereocenters. The third-order valence-corrected chi connectivity index (χ3v) is 2.41. The molecule has 0 saturated carbocycles. The molecular weight excluding hydrogens is 220 g/mol. The minimum Gasteiger partial charge on any atom is -0.507 e. The fourth-order valence-corrected chi connectivity index (χ4v) is 1.63. The number of anilines is 1. The van der Waals surface area contributed by atoms with Crippen molar-refractivity contribution < 1.29 is 10.0 Å². The lowest BCUT2D eigenvalue weighted by molar-refractivity contribution is -0.384. The molecule has 0 amide bonds. The summed E-state index contributed by atoms with van der Waals surface area (Å²) < 4.78 is 0. The van der Waals surface area contributed by atoms with E-state index in [1.54, 1.807) is 18.2 Å². The number of para-hydroxylation sites is 1. The zero-order chi connectivity index (χ0) is 12.4. The molecule has 0 heterocycles. The summed E-state index contributed by atoms with van der Waals surface area (Å²) in [6.07, 6.45) is 0. The van der Waals surface area contributed by atoms with Gasteiger partial charge in [0.05, 0.1) is 10.5 Å². The van der Waals surface area contributed by atoms with Crippen LogP contribution in [0.5, 0.6) is 5.75 Å². The number of nitro groups is 1. The summed E-state index contributed by atoms with van der Waals surface area (Å²) in [5.41, 5.74) is 6.70. The zero-order valence-electron chi connectivity index (χ0n) is 8.83. The van der Waals surface area contributed by atoms with Crippen LogP contribution < -0.4 is 5.73 Å². The van der Waals surface area contributed by atoms with Crippen molar-refractivity contribution in [2.24, 2.45) is 0 Å². The normalized spacial score (nSPS) is 10.1. The van der Waals surface area contributed by atoms with Crippen molar-refractivity contribution in [3.63, 3.8) is 0 Å². The number of nitrogen functional groups attached to an aromatic ring is 1. The molecule has 5 heteroatoms. The molecule has 0 fully saturated rings. The predicted molar refractivity (Wildman–Crippen MR) is 64.6 cm³/mol. The van der Waals surface area contributed by atoms with Gasteiger partial charge >= 0.3 is 0 Å². The van der Waals surface area contributed by atoms with Crippen LogP contribution in [0.4, 0.5) is 11.4 Å². The summed E-state index contributed by atoms with van der Waals surface area (Å²) in [6, 6.07) is 10.7. The second kappa shape index (κ2) is 4.13. The molecule has 0 bridgehead atoms. The van der Waals surface area contributed by atoms with E-state index < -0.39 is 4.92 Å². The topological polar surface area (TPSA) is 89.4 Å². The first-order valence-electron chi connectivity index (χ1n) is 4.92. The van der Waals surface area contributed by atoms with E-state index in [-0.39, 0.29) is 11.4 Å². The monoisotopic (exact) mass is 230 g/mol. The minimum absolute atomic E-state index is 0.0338. The van der Waals surface area contributed by atoms with Crippen molar-refractivity contribution in [1.29, 1.82) is 0 Å². The van der Waals surface area contributed by atoms with Crippen molar-refractivity contribution in [2.45, 2.75) is 0 Å². The first-order chi connectivity index (χ1) is 8.09. The highest BCUT2D eigenvalue weighted by Gasteiger charge is 2.16. The van der Waals surface area contributed by atoms with Crippen molar-refractivity contribution in [3.8, 4) is 16.9 Å². The SMILES string of the molecule is Nc1ccc(O)c(-c2ccccc2[N+](=O)[O-])c1. The van der Waals surface area contributed by atoms with Crippen molar-refractivity contribution in [1.82, 2.24) is 0 Å². The molecule has 2 aromatic carbocycles. The Morgan fingerprint density at radius 3 is 2.53 bits per heavy atom. The van der Waals surface area contributed by atoms with Gasteiger partial charge in [-0.2, -0.15) is 0 Å². The molecule has 0 aliphatic rings. The Morgan fingerprint density at radius 1 is 1.12 bits per heavy atom. The summed E-state index contributed by atoms with van der Waals surface area (Å²) in [5.74, 6) is -0.0338. The number of nitrogens with zero attached hydrogens (tertiary/aromatic N) is 1. The molecule has 3 N–H and O–H groups in total. The summed E-state index contributed by atoms with van der Waals surface area (Å²) in [5, 5.41) is 20.6. The molecule has 0 saturated heterocycles. The standard InChI is InChI=1S/C12H10N2O3/c13-8-5-6-12(15)10(7-8)9-3-1-2-4-11(9)14(16)17/h1-7,15H,13H2. The van der Waals surface area contributed by atoms with Crippen molar-refractivity contribution in [2.75, 3.05) is 5.73 Å². The average Bonchev–Trinajstić information content (AvgIpc) is 2.32. The van der Waals surface area contributed by atoms with Gasteiger partial charge in [-0.05, 0) is 24.3 Å². The lowest BCUT2D eigenvalue weighted by atomic mass is 10.0. The quantitative estimate of drug-likeness (QED) is 0.359. The Hall–Kier alpha value is -2.56. The summed E-state index contributed by atoms with van der Waals surface area (Å²) >= 11 is 0. The fourth-order valence-electron chi connectivity index (χ4n) is 1.63. The van der Waals surface area contributed by atoms with Gasteiger partial charge < -0.3 is 10.8 Å². The van der Waals surface area contributed by atoms with E-state index in [1.165, 1.54) is 24.3 Å².